The normalized spacial score (nSPS) is 17.5. The third kappa shape index (κ3) is 4.76. The van der Waals surface area contributed by atoms with E-state index in [9.17, 15) is 16.8 Å². The van der Waals surface area contributed by atoms with Crippen LogP contribution in [-0.4, -0.2) is 48.3 Å². The fourth-order valence-electron chi connectivity index (χ4n) is 3.15. The van der Waals surface area contributed by atoms with E-state index in [0.29, 0.717) is 5.69 Å². The zero-order chi connectivity index (χ0) is 21.4. The van der Waals surface area contributed by atoms with E-state index in [1.165, 1.54) is 25.5 Å². The minimum absolute atomic E-state index is 0.00516. The molecule has 1 aromatic carbocycles. The molecule has 3 rings (SSSR count). The first-order chi connectivity index (χ1) is 13.4. The highest BCUT2D eigenvalue weighted by molar-refractivity contribution is 7.93. The van der Waals surface area contributed by atoms with Crippen LogP contribution in [-0.2, 0) is 20.0 Å². The second-order valence-corrected chi connectivity index (χ2v) is 13.1. The van der Waals surface area contributed by atoms with Gasteiger partial charge in [0.2, 0.25) is 0 Å². The van der Waals surface area contributed by atoms with E-state index in [0.717, 1.165) is 47.3 Å². The average Bonchev–Trinajstić information content (AvgIpc) is 3.14. The Hall–Kier alpha value is -1.62. The molecule has 1 aromatic heterocycles. The number of anilines is 2. The van der Waals surface area contributed by atoms with Crippen molar-refractivity contribution in [1.82, 2.24) is 4.31 Å². The van der Waals surface area contributed by atoms with E-state index in [2.05, 4.69) is 23.5 Å². The van der Waals surface area contributed by atoms with E-state index in [4.69, 9.17) is 0 Å². The highest BCUT2D eigenvalue weighted by Crippen LogP contribution is 2.36. The standard InChI is InChI=1S/C19H27N3O4S3/c1-19(2)9-11-22(12-10-19)17-8-6-5-7-16(17)20-28(23,24)15-13-18(27-14-15)29(25,26)21(3)4/h5-8,13-14,20H,9-12H2,1-4H3. The molecule has 1 aliphatic rings. The van der Waals surface area contributed by atoms with Crippen molar-refractivity contribution in [3.63, 3.8) is 0 Å². The summed E-state index contributed by atoms with van der Waals surface area (Å²) in [5.41, 5.74) is 1.62. The van der Waals surface area contributed by atoms with Crippen LogP contribution in [0.4, 0.5) is 11.4 Å². The number of nitrogens with one attached hydrogen (secondary N) is 1. The largest absolute Gasteiger partial charge is 0.370 e. The quantitative estimate of drug-likeness (QED) is 0.718. The SMILES string of the molecule is CN(C)S(=O)(=O)c1cc(S(=O)(=O)Nc2ccccc2N2CCC(C)(C)CC2)cs1. The van der Waals surface area contributed by atoms with Crippen LogP contribution in [0, 0.1) is 5.41 Å². The molecule has 0 amide bonds. The summed E-state index contributed by atoms with van der Waals surface area (Å²) in [7, 11) is -4.76. The molecule has 0 bridgehead atoms. The number of nitrogens with zero attached hydrogens (tertiary/aromatic N) is 2. The van der Waals surface area contributed by atoms with Gasteiger partial charge in [0.05, 0.1) is 16.3 Å². The zero-order valence-corrected chi connectivity index (χ0v) is 19.5. The Morgan fingerprint density at radius 3 is 2.31 bits per heavy atom. The van der Waals surface area contributed by atoms with Gasteiger partial charge in [0.15, 0.2) is 0 Å². The molecule has 7 nitrogen and oxygen atoms in total. The lowest BCUT2D eigenvalue weighted by molar-refractivity contribution is 0.280. The predicted octanol–water partition coefficient (Wildman–Crippen LogP) is 3.43. The van der Waals surface area contributed by atoms with E-state index >= 15 is 0 Å². The molecule has 10 heteroatoms. The summed E-state index contributed by atoms with van der Waals surface area (Å²) < 4.78 is 54.1. The van der Waals surface area contributed by atoms with Crippen LogP contribution < -0.4 is 9.62 Å². The lowest BCUT2D eigenvalue weighted by atomic mass is 9.82. The van der Waals surface area contributed by atoms with Crippen molar-refractivity contribution in [2.24, 2.45) is 5.41 Å². The number of benzene rings is 1. The summed E-state index contributed by atoms with van der Waals surface area (Å²) in [5.74, 6) is 0. The first kappa shape index (κ1) is 22.1. The molecule has 0 radical (unpaired) electrons. The maximum Gasteiger partial charge on any atom is 0.262 e. The number of rotatable bonds is 6. The summed E-state index contributed by atoms with van der Waals surface area (Å²) in [5, 5.41) is 1.35. The van der Waals surface area contributed by atoms with Gasteiger partial charge in [-0.1, -0.05) is 26.0 Å². The minimum atomic E-state index is -3.91. The average molecular weight is 458 g/mol. The molecule has 0 unspecified atom stereocenters. The molecule has 1 fully saturated rings. The van der Waals surface area contributed by atoms with Crippen LogP contribution in [0.15, 0.2) is 44.8 Å². The van der Waals surface area contributed by atoms with E-state index in [1.54, 1.807) is 12.1 Å². The molecule has 29 heavy (non-hydrogen) atoms. The molecular weight excluding hydrogens is 430 g/mol. The van der Waals surface area contributed by atoms with Crippen LogP contribution in [0.25, 0.3) is 0 Å². The first-order valence-corrected chi connectivity index (χ1v) is 13.1. The van der Waals surface area contributed by atoms with Crippen molar-refractivity contribution in [3.8, 4) is 0 Å². The van der Waals surface area contributed by atoms with Crippen LogP contribution in [0.2, 0.25) is 0 Å². The number of thiophene rings is 1. The maximum atomic E-state index is 12.9. The lowest BCUT2D eigenvalue weighted by Gasteiger charge is -2.38. The number of para-hydroxylation sites is 2. The van der Waals surface area contributed by atoms with Crippen molar-refractivity contribution >= 4 is 42.8 Å². The summed E-state index contributed by atoms with van der Waals surface area (Å²) in [4.78, 5) is 2.14. The topological polar surface area (TPSA) is 86.8 Å². The summed E-state index contributed by atoms with van der Waals surface area (Å²) in [6, 6.07) is 8.51. The molecule has 0 spiro atoms. The Balaban J connectivity index is 1.86. The molecule has 0 saturated carbocycles. The predicted molar refractivity (Wildman–Crippen MR) is 118 cm³/mol. The highest BCUT2D eigenvalue weighted by Gasteiger charge is 2.28. The Labute approximate surface area is 177 Å². The van der Waals surface area contributed by atoms with E-state index in [-0.39, 0.29) is 14.5 Å². The van der Waals surface area contributed by atoms with Gasteiger partial charge in [0.25, 0.3) is 20.0 Å². The van der Waals surface area contributed by atoms with Crippen molar-refractivity contribution < 1.29 is 16.8 Å². The summed E-state index contributed by atoms with van der Waals surface area (Å²) >= 11 is 0.895. The first-order valence-electron chi connectivity index (χ1n) is 9.30. The molecule has 160 valence electrons. The van der Waals surface area contributed by atoms with Gasteiger partial charge in [-0.25, -0.2) is 21.1 Å². The van der Waals surface area contributed by atoms with Crippen molar-refractivity contribution in [1.29, 1.82) is 0 Å². The van der Waals surface area contributed by atoms with Crippen LogP contribution in [0.1, 0.15) is 26.7 Å². The number of hydrogen-bond donors (Lipinski definition) is 1. The Bertz CT molecular complexity index is 1080. The molecule has 1 N–H and O–H groups in total. The monoisotopic (exact) mass is 457 g/mol. The van der Waals surface area contributed by atoms with Gasteiger partial charge in [0, 0.05) is 32.6 Å². The van der Waals surface area contributed by atoms with Gasteiger partial charge in [-0.15, -0.1) is 11.3 Å². The van der Waals surface area contributed by atoms with Crippen molar-refractivity contribution in [2.75, 3.05) is 36.8 Å². The number of sulfonamides is 2. The van der Waals surface area contributed by atoms with E-state index in [1.807, 2.05) is 12.1 Å². The van der Waals surface area contributed by atoms with Crippen LogP contribution in [0.3, 0.4) is 0 Å². The minimum Gasteiger partial charge on any atom is -0.370 e. The van der Waals surface area contributed by atoms with Crippen LogP contribution >= 0.6 is 11.3 Å². The maximum absolute atomic E-state index is 12.9. The Morgan fingerprint density at radius 2 is 1.69 bits per heavy atom. The van der Waals surface area contributed by atoms with Gasteiger partial charge in [0.1, 0.15) is 4.21 Å². The van der Waals surface area contributed by atoms with Gasteiger partial charge in [-0.05, 0) is 36.5 Å². The van der Waals surface area contributed by atoms with Gasteiger partial charge in [-0.2, -0.15) is 0 Å². The fourth-order valence-corrected chi connectivity index (χ4v) is 7.01. The number of piperidine rings is 1. The van der Waals surface area contributed by atoms with Crippen molar-refractivity contribution in [3.05, 3.63) is 35.7 Å². The third-order valence-corrected chi connectivity index (χ3v) is 9.93. The van der Waals surface area contributed by atoms with Gasteiger partial charge in [-0.3, -0.25) is 4.72 Å². The molecule has 1 saturated heterocycles. The smallest absolute Gasteiger partial charge is 0.262 e. The summed E-state index contributed by atoms with van der Waals surface area (Å²) in [6.45, 7) is 6.20. The number of hydrogen-bond acceptors (Lipinski definition) is 6. The Kier molecular flexibility index (Phi) is 6.01. The lowest BCUT2D eigenvalue weighted by Crippen LogP contribution is -2.37. The molecule has 1 aliphatic heterocycles. The molecule has 2 aromatic rings. The fraction of sp³-hybridized carbons (Fsp3) is 0.474. The van der Waals surface area contributed by atoms with Gasteiger partial charge >= 0.3 is 0 Å². The van der Waals surface area contributed by atoms with Crippen molar-refractivity contribution in [2.45, 2.75) is 35.8 Å². The molecule has 2 heterocycles. The van der Waals surface area contributed by atoms with E-state index < -0.39 is 20.0 Å². The third-order valence-electron chi connectivity index (χ3n) is 5.20. The zero-order valence-electron chi connectivity index (χ0n) is 17.0. The second-order valence-electron chi connectivity index (χ2n) is 8.16. The summed E-state index contributed by atoms with van der Waals surface area (Å²) in [6.07, 6.45) is 2.06. The Morgan fingerprint density at radius 1 is 1.07 bits per heavy atom. The highest BCUT2D eigenvalue weighted by atomic mass is 32.2. The van der Waals surface area contributed by atoms with Gasteiger partial charge < -0.3 is 4.90 Å². The molecule has 0 aliphatic carbocycles. The molecule has 0 atom stereocenters. The second kappa shape index (κ2) is 7.90. The molecular formula is C19H27N3O4S3. The van der Waals surface area contributed by atoms with Crippen LogP contribution in [0.5, 0.6) is 0 Å².